The number of urea groups is 1. The van der Waals surface area contributed by atoms with Gasteiger partial charge >= 0.3 is 6.03 Å². The Bertz CT molecular complexity index is 1370. The monoisotopic (exact) mass is 477 g/mol. The molecule has 0 aliphatic rings. The zero-order valence-corrected chi connectivity index (χ0v) is 19.6. The second-order valence-electron chi connectivity index (χ2n) is 7.69. The molecule has 3 aromatic carbocycles. The number of hydrogen-bond acceptors (Lipinski definition) is 4. The Kier molecular flexibility index (Phi) is 7.04. The van der Waals surface area contributed by atoms with Crippen LogP contribution in [0, 0.1) is 0 Å². The van der Waals surface area contributed by atoms with E-state index < -0.39 is 0 Å². The molecule has 0 unspecified atom stereocenters. The Balaban J connectivity index is 1.66. The average Bonchev–Trinajstić information content (AvgIpc) is 2.85. The van der Waals surface area contributed by atoms with Gasteiger partial charge in [0.2, 0.25) is 0 Å². The van der Waals surface area contributed by atoms with E-state index >= 15 is 0 Å². The summed E-state index contributed by atoms with van der Waals surface area (Å²) in [5.41, 5.74) is 2.27. The molecule has 174 valence electrons. The molecule has 0 fully saturated rings. The normalized spacial score (nSPS) is 10.7. The Morgan fingerprint density at radius 3 is 2.47 bits per heavy atom. The fourth-order valence-corrected chi connectivity index (χ4v) is 3.75. The highest BCUT2D eigenvalue weighted by molar-refractivity contribution is 6.30. The van der Waals surface area contributed by atoms with E-state index in [0.29, 0.717) is 33.3 Å². The summed E-state index contributed by atoms with van der Waals surface area (Å²) in [7, 11) is 3.11. The lowest BCUT2D eigenvalue weighted by Crippen LogP contribution is -2.35. The Labute approximate surface area is 201 Å². The third-order valence-corrected chi connectivity index (χ3v) is 5.67. The summed E-state index contributed by atoms with van der Waals surface area (Å²) in [5, 5.41) is 4.34. The first-order valence-electron chi connectivity index (χ1n) is 10.6. The molecule has 0 atom stereocenters. The number of nitrogens with zero attached hydrogens (tertiary/aromatic N) is 1. The molecule has 0 aliphatic heterocycles. The molecule has 0 aliphatic carbocycles. The van der Waals surface area contributed by atoms with Crippen LogP contribution < -0.4 is 20.3 Å². The summed E-state index contributed by atoms with van der Waals surface area (Å²) in [6, 6.07) is 21.3. The van der Waals surface area contributed by atoms with Gasteiger partial charge in [0.05, 0.1) is 32.0 Å². The lowest BCUT2D eigenvalue weighted by molar-refractivity contribution is 0.206. The predicted octanol–water partition coefficient (Wildman–Crippen LogP) is 5.43. The summed E-state index contributed by atoms with van der Waals surface area (Å²) in [4.78, 5) is 30.6. The average molecular weight is 478 g/mol. The number of pyridine rings is 1. The largest absolute Gasteiger partial charge is 0.497 e. The number of anilines is 1. The molecular formula is C26H24ClN3O4. The molecule has 7 nitrogen and oxygen atoms in total. The Hall–Kier alpha value is -3.97. The first kappa shape index (κ1) is 23.2. The second kappa shape index (κ2) is 10.3. The van der Waals surface area contributed by atoms with Gasteiger partial charge in [-0.2, -0.15) is 0 Å². The molecule has 2 N–H and O–H groups in total. The number of hydrogen-bond donors (Lipinski definition) is 2. The van der Waals surface area contributed by atoms with E-state index in [2.05, 4.69) is 10.3 Å². The van der Waals surface area contributed by atoms with Crippen molar-refractivity contribution in [2.75, 3.05) is 19.5 Å². The third kappa shape index (κ3) is 5.32. The van der Waals surface area contributed by atoms with Gasteiger partial charge in [0.15, 0.2) is 0 Å². The highest BCUT2D eigenvalue weighted by atomic mass is 35.5. The number of methoxy groups -OCH3 is 2. The number of fused-ring (bicyclic) bond motifs is 1. The smallest absolute Gasteiger partial charge is 0.322 e. The number of carbonyl (C=O) groups is 1. The van der Waals surface area contributed by atoms with Crippen LogP contribution in [0.5, 0.6) is 11.5 Å². The zero-order valence-electron chi connectivity index (χ0n) is 18.8. The maximum atomic E-state index is 13.3. The van der Waals surface area contributed by atoms with Crippen molar-refractivity contribution in [2.24, 2.45) is 0 Å². The molecule has 0 saturated heterocycles. The van der Waals surface area contributed by atoms with Gasteiger partial charge in [-0.3, -0.25) is 4.79 Å². The number of para-hydroxylation sites is 2. The van der Waals surface area contributed by atoms with Gasteiger partial charge < -0.3 is 24.7 Å². The van der Waals surface area contributed by atoms with E-state index in [1.165, 1.54) is 0 Å². The summed E-state index contributed by atoms with van der Waals surface area (Å²) in [6.45, 7) is 0.374. The fourth-order valence-electron chi connectivity index (χ4n) is 3.63. The molecule has 4 aromatic rings. The first-order chi connectivity index (χ1) is 16.5. The van der Waals surface area contributed by atoms with E-state index in [1.54, 1.807) is 55.5 Å². The summed E-state index contributed by atoms with van der Waals surface area (Å²) >= 11 is 6.02. The summed E-state index contributed by atoms with van der Waals surface area (Å²) in [6.07, 6.45) is 0. The minimum atomic E-state index is -0.367. The number of nitrogens with one attached hydrogen (secondary N) is 2. The van der Waals surface area contributed by atoms with E-state index in [1.807, 2.05) is 36.4 Å². The van der Waals surface area contributed by atoms with Crippen molar-refractivity contribution in [2.45, 2.75) is 13.1 Å². The number of benzene rings is 3. The second-order valence-corrected chi connectivity index (χ2v) is 8.13. The lowest BCUT2D eigenvalue weighted by atomic mass is 10.1. The molecule has 2 amide bonds. The van der Waals surface area contributed by atoms with Gasteiger partial charge in [-0.05, 0) is 53.4 Å². The van der Waals surface area contributed by atoms with Crippen molar-refractivity contribution in [1.82, 2.24) is 9.88 Å². The van der Waals surface area contributed by atoms with Crippen LogP contribution >= 0.6 is 11.6 Å². The fraction of sp³-hybridized carbons (Fsp3) is 0.154. The molecular weight excluding hydrogens is 454 g/mol. The van der Waals surface area contributed by atoms with E-state index in [4.69, 9.17) is 21.1 Å². The number of aromatic amines is 1. The number of amides is 2. The molecule has 0 spiro atoms. The maximum Gasteiger partial charge on any atom is 0.322 e. The van der Waals surface area contributed by atoms with Crippen molar-refractivity contribution in [1.29, 1.82) is 0 Å². The highest BCUT2D eigenvalue weighted by Crippen LogP contribution is 2.24. The van der Waals surface area contributed by atoms with Crippen LogP contribution in [-0.4, -0.2) is 30.1 Å². The highest BCUT2D eigenvalue weighted by Gasteiger charge is 2.18. The van der Waals surface area contributed by atoms with E-state index in [9.17, 15) is 9.59 Å². The van der Waals surface area contributed by atoms with Crippen LogP contribution in [-0.2, 0) is 13.1 Å². The molecule has 0 saturated carbocycles. The number of carbonyl (C=O) groups excluding carboxylic acids is 1. The number of rotatable bonds is 7. The molecule has 8 heteroatoms. The van der Waals surface area contributed by atoms with Gasteiger partial charge in [-0.25, -0.2) is 4.79 Å². The van der Waals surface area contributed by atoms with Gasteiger partial charge in [0, 0.05) is 23.2 Å². The van der Waals surface area contributed by atoms with Crippen molar-refractivity contribution in [3.8, 4) is 11.5 Å². The zero-order chi connectivity index (χ0) is 24.1. The van der Waals surface area contributed by atoms with Crippen molar-refractivity contribution < 1.29 is 14.3 Å². The molecule has 1 heterocycles. The Morgan fingerprint density at radius 1 is 0.971 bits per heavy atom. The van der Waals surface area contributed by atoms with Crippen LogP contribution in [0.1, 0.15) is 11.1 Å². The SMILES string of the molecule is COc1ccc2cc(CN(Cc3ccc(Cl)cc3)C(=O)Nc3ccccc3OC)c(=O)[nH]c2c1. The molecule has 1 aromatic heterocycles. The number of halogens is 1. The molecule has 0 radical (unpaired) electrons. The Morgan fingerprint density at radius 2 is 1.74 bits per heavy atom. The van der Waals surface area contributed by atoms with Gasteiger partial charge in [-0.1, -0.05) is 35.9 Å². The minimum absolute atomic E-state index is 0.0981. The first-order valence-corrected chi connectivity index (χ1v) is 11.0. The summed E-state index contributed by atoms with van der Waals surface area (Å²) < 4.78 is 10.6. The lowest BCUT2D eigenvalue weighted by Gasteiger charge is -2.24. The van der Waals surface area contributed by atoms with Gasteiger partial charge in [0.1, 0.15) is 11.5 Å². The third-order valence-electron chi connectivity index (χ3n) is 5.41. The van der Waals surface area contributed by atoms with Crippen LogP contribution in [0.15, 0.2) is 77.6 Å². The topological polar surface area (TPSA) is 83.7 Å². The molecule has 0 bridgehead atoms. The van der Waals surface area contributed by atoms with Crippen LogP contribution in [0.25, 0.3) is 10.9 Å². The standard InChI is InChI=1S/C26H24ClN3O4/c1-33-21-12-9-18-13-19(25(31)28-23(18)14-21)16-30(15-17-7-10-20(27)11-8-17)26(32)29-22-5-3-4-6-24(22)34-2/h3-14H,15-16H2,1-2H3,(H,28,31)(H,29,32). The van der Waals surface area contributed by atoms with E-state index in [0.717, 1.165) is 10.9 Å². The van der Waals surface area contributed by atoms with Crippen LogP contribution in [0.2, 0.25) is 5.02 Å². The van der Waals surface area contributed by atoms with Crippen molar-refractivity contribution >= 4 is 34.2 Å². The molecule has 4 rings (SSSR count). The maximum absolute atomic E-state index is 13.3. The van der Waals surface area contributed by atoms with Gasteiger partial charge in [-0.15, -0.1) is 0 Å². The minimum Gasteiger partial charge on any atom is -0.497 e. The van der Waals surface area contributed by atoms with Crippen molar-refractivity contribution in [3.63, 3.8) is 0 Å². The van der Waals surface area contributed by atoms with Crippen LogP contribution in [0.3, 0.4) is 0 Å². The number of aromatic nitrogens is 1. The van der Waals surface area contributed by atoms with Crippen molar-refractivity contribution in [3.05, 3.63) is 99.3 Å². The van der Waals surface area contributed by atoms with E-state index in [-0.39, 0.29) is 24.7 Å². The quantitative estimate of drug-likeness (QED) is 0.371. The number of ether oxygens (including phenoxy) is 2. The molecule has 34 heavy (non-hydrogen) atoms. The van der Waals surface area contributed by atoms with Gasteiger partial charge in [0.25, 0.3) is 5.56 Å². The van der Waals surface area contributed by atoms with Crippen LogP contribution in [0.4, 0.5) is 10.5 Å². The predicted molar refractivity (Wildman–Crippen MR) is 134 cm³/mol. The summed E-state index contributed by atoms with van der Waals surface area (Å²) in [5.74, 6) is 1.19. The number of H-pyrrole nitrogens is 1.